The van der Waals surface area contributed by atoms with Crippen molar-refractivity contribution in [3.63, 3.8) is 0 Å². The molecule has 0 nitrogen and oxygen atoms in total. The van der Waals surface area contributed by atoms with Gasteiger partial charge < -0.3 is 0 Å². The maximum absolute atomic E-state index is 3.62. The van der Waals surface area contributed by atoms with Gasteiger partial charge in [0.05, 0.1) is 0 Å². The molecule has 0 fully saturated rings. The Bertz CT molecular complexity index is 1180. The standard InChI is InChI=1S/C25H18.Y/c1-16-3-5-19-11-21(8-7-18(19)9-16)23-14-24-12-20-6-4-17(2)10-22(20)13-25(24)15-23;/h3-7,9-13H,15H2,1-2H3;/q-2;. The molecule has 0 amide bonds. The van der Waals surface area contributed by atoms with Crippen LogP contribution in [0.15, 0.2) is 60.7 Å². The van der Waals surface area contributed by atoms with E-state index in [1.54, 1.807) is 0 Å². The topological polar surface area (TPSA) is 0 Å². The Labute approximate surface area is 179 Å². The second-order valence-corrected chi connectivity index (χ2v) is 7.12. The van der Waals surface area contributed by atoms with E-state index in [1.165, 1.54) is 49.4 Å². The molecule has 123 valence electrons. The van der Waals surface area contributed by atoms with Crippen LogP contribution in [0.5, 0.6) is 0 Å². The third-order valence-corrected chi connectivity index (χ3v) is 5.12. The summed E-state index contributed by atoms with van der Waals surface area (Å²) in [6, 6.07) is 25.6. The van der Waals surface area contributed by atoms with Crippen molar-refractivity contribution in [1.29, 1.82) is 0 Å². The molecule has 4 aromatic rings. The zero-order valence-electron chi connectivity index (χ0n) is 15.1. The van der Waals surface area contributed by atoms with Crippen molar-refractivity contribution in [3.8, 4) is 0 Å². The van der Waals surface area contributed by atoms with Crippen molar-refractivity contribution in [2.24, 2.45) is 0 Å². The fourth-order valence-electron chi connectivity index (χ4n) is 3.76. The predicted molar refractivity (Wildman–Crippen MR) is 106 cm³/mol. The Morgan fingerprint density at radius 2 is 1.42 bits per heavy atom. The molecule has 1 aliphatic rings. The first-order valence-corrected chi connectivity index (χ1v) is 8.74. The Hall–Kier alpha value is -1.76. The molecule has 0 spiro atoms. The van der Waals surface area contributed by atoms with E-state index in [0.717, 1.165) is 12.0 Å². The van der Waals surface area contributed by atoms with Crippen LogP contribution in [0.1, 0.15) is 27.8 Å². The zero-order valence-corrected chi connectivity index (χ0v) is 17.9. The number of allylic oxidation sites excluding steroid dienone is 1. The van der Waals surface area contributed by atoms with E-state index in [-0.39, 0.29) is 32.7 Å². The van der Waals surface area contributed by atoms with Gasteiger partial charge in [0.2, 0.25) is 0 Å². The minimum Gasteiger partial charge on any atom is -0.221 e. The second kappa shape index (κ2) is 6.76. The third-order valence-electron chi connectivity index (χ3n) is 5.12. The molecule has 1 aliphatic carbocycles. The summed E-state index contributed by atoms with van der Waals surface area (Å²) in [5.41, 5.74) is 7.59. The molecule has 0 unspecified atom stereocenters. The fraction of sp³-hybridized carbons (Fsp3) is 0.120. The molecule has 0 heterocycles. The van der Waals surface area contributed by atoms with E-state index in [4.69, 9.17) is 0 Å². The Morgan fingerprint density at radius 1 is 0.731 bits per heavy atom. The van der Waals surface area contributed by atoms with E-state index in [9.17, 15) is 0 Å². The molecular weight excluding hydrogens is 389 g/mol. The summed E-state index contributed by atoms with van der Waals surface area (Å²) in [6.45, 7) is 4.28. The minimum absolute atomic E-state index is 0. The first-order chi connectivity index (χ1) is 12.2. The van der Waals surface area contributed by atoms with Crippen LogP contribution in [-0.2, 0) is 39.1 Å². The molecule has 1 heteroatoms. The van der Waals surface area contributed by atoms with Crippen molar-refractivity contribution < 1.29 is 32.7 Å². The van der Waals surface area contributed by atoms with Crippen LogP contribution in [0, 0.1) is 26.0 Å². The molecule has 0 saturated heterocycles. The van der Waals surface area contributed by atoms with E-state index < -0.39 is 0 Å². The van der Waals surface area contributed by atoms with Crippen LogP contribution < -0.4 is 0 Å². The average Bonchev–Trinajstić information content (AvgIpc) is 3.02. The van der Waals surface area contributed by atoms with E-state index in [1.807, 2.05) is 0 Å². The largest absolute Gasteiger partial charge is 0.221 e. The molecule has 0 bridgehead atoms. The molecular formula is C25H18Y-2. The normalized spacial score (nSPS) is 12.8. The number of fused-ring (bicyclic) bond motifs is 3. The van der Waals surface area contributed by atoms with Gasteiger partial charge in [0, 0.05) is 32.7 Å². The fourth-order valence-corrected chi connectivity index (χ4v) is 3.76. The first kappa shape index (κ1) is 17.6. The van der Waals surface area contributed by atoms with E-state index in [0.29, 0.717) is 0 Å². The summed E-state index contributed by atoms with van der Waals surface area (Å²) in [6.07, 6.45) is 4.56. The molecule has 0 atom stereocenters. The maximum Gasteiger partial charge on any atom is 0 e. The molecule has 5 rings (SSSR count). The first-order valence-electron chi connectivity index (χ1n) is 8.74. The van der Waals surface area contributed by atoms with Crippen molar-refractivity contribution in [2.45, 2.75) is 20.3 Å². The Kier molecular flexibility index (Phi) is 4.59. The van der Waals surface area contributed by atoms with Gasteiger partial charge in [0.25, 0.3) is 0 Å². The molecule has 0 saturated carbocycles. The van der Waals surface area contributed by atoms with Crippen molar-refractivity contribution in [2.75, 3.05) is 0 Å². The van der Waals surface area contributed by atoms with Crippen LogP contribution in [-0.4, -0.2) is 0 Å². The monoisotopic (exact) mass is 407 g/mol. The van der Waals surface area contributed by atoms with Gasteiger partial charge in [-0.3, -0.25) is 0 Å². The van der Waals surface area contributed by atoms with Crippen molar-refractivity contribution in [1.82, 2.24) is 0 Å². The molecule has 0 aliphatic heterocycles. The van der Waals surface area contributed by atoms with Gasteiger partial charge in [-0.1, -0.05) is 65.4 Å². The zero-order chi connectivity index (χ0) is 17.0. The predicted octanol–water partition coefficient (Wildman–Crippen LogP) is 6.20. The molecule has 26 heavy (non-hydrogen) atoms. The number of aryl methyl sites for hydroxylation is 2. The third kappa shape index (κ3) is 3.06. The Morgan fingerprint density at radius 3 is 2.19 bits per heavy atom. The number of hydrogen-bond acceptors (Lipinski definition) is 0. The molecule has 0 N–H and O–H groups in total. The van der Waals surface area contributed by atoms with Gasteiger partial charge in [0.15, 0.2) is 0 Å². The van der Waals surface area contributed by atoms with Gasteiger partial charge in [-0.25, -0.2) is 11.1 Å². The van der Waals surface area contributed by atoms with Crippen LogP contribution in [0.4, 0.5) is 0 Å². The summed E-state index contributed by atoms with van der Waals surface area (Å²) < 4.78 is 0. The second-order valence-electron chi connectivity index (χ2n) is 7.12. The van der Waals surface area contributed by atoms with Gasteiger partial charge in [-0.05, 0) is 19.2 Å². The van der Waals surface area contributed by atoms with Gasteiger partial charge in [-0.2, -0.15) is 23.8 Å². The summed E-state index contributed by atoms with van der Waals surface area (Å²) in [5.74, 6) is 0. The number of rotatable bonds is 1. The van der Waals surface area contributed by atoms with Crippen LogP contribution >= 0.6 is 0 Å². The average molecular weight is 407 g/mol. The van der Waals surface area contributed by atoms with Crippen molar-refractivity contribution >= 4 is 27.1 Å². The maximum atomic E-state index is 3.62. The molecule has 0 aromatic heterocycles. The summed E-state index contributed by atoms with van der Waals surface area (Å²) in [7, 11) is 0. The van der Waals surface area contributed by atoms with E-state index >= 15 is 0 Å². The number of benzene rings is 4. The summed E-state index contributed by atoms with van der Waals surface area (Å²) >= 11 is 0. The Balaban J connectivity index is 0.00000168. The number of hydrogen-bond donors (Lipinski definition) is 0. The molecule has 1 radical (unpaired) electrons. The smallest absolute Gasteiger partial charge is 0 e. The van der Waals surface area contributed by atoms with Crippen LogP contribution in [0.2, 0.25) is 0 Å². The van der Waals surface area contributed by atoms with Crippen molar-refractivity contribution in [3.05, 3.63) is 101 Å². The van der Waals surface area contributed by atoms with Gasteiger partial charge in [0.1, 0.15) is 0 Å². The van der Waals surface area contributed by atoms with Gasteiger partial charge in [-0.15, -0.1) is 28.5 Å². The summed E-state index contributed by atoms with van der Waals surface area (Å²) in [5, 5.41) is 5.13. The van der Waals surface area contributed by atoms with Crippen LogP contribution in [0.25, 0.3) is 27.1 Å². The summed E-state index contributed by atoms with van der Waals surface area (Å²) in [4.78, 5) is 0. The molecule has 4 aromatic carbocycles. The minimum atomic E-state index is 0. The van der Waals surface area contributed by atoms with Crippen LogP contribution in [0.3, 0.4) is 0 Å². The van der Waals surface area contributed by atoms with Gasteiger partial charge >= 0.3 is 0 Å². The van der Waals surface area contributed by atoms with E-state index in [2.05, 4.69) is 86.7 Å². The SMILES string of the molecule is Cc1ccc2cc(C3=[C-]c4cc5ccc(C)cc5cc4C3)[c-]cc2c1.[Y]. The quantitative estimate of drug-likeness (QED) is 0.330.